The van der Waals surface area contributed by atoms with Crippen LogP contribution in [0.2, 0.25) is 0 Å². The molecule has 10 rings (SSSR count). The predicted octanol–water partition coefficient (Wildman–Crippen LogP) is 10.3. The highest BCUT2D eigenvalue weighted by Crippen LogP contribution is 2.39. The lowest BCUT2D eigenvalue weighted by Gasteiger charge is -2.12. The summed E-state index contributed by atoms with van der Waals surface area (Å²) in [5.41, 5.74) is 8.11. The Morgan fingerprint density at radius 1 is 0.465 bits per heavy atom. The molecule has 0 amide bonds. The summed E-state index contributed by atoms with van der Waals surface area (Å²) in [5.74, 6) is 0.842. The number of nitrogens with zero attached hydrogens (tertiary/aromatic N) is 3. The topological polar surface area (TPSA) is 35.4 Å². The van der Waals surface area contributed by atoms with Gasteiger partial charge in [-0.3, -0.25) is 8.97 Å². The highest BCUT2D eigenvalue weighted by atomic mass is 16.3. The Hall–Kier alpha value is -5.87. The molecule has 0 unspecified atom stereocenters. The number of fused-ring (bicyclic) bond motifs is 13. The van der Waals surface area contributed by atoms with E-state index in [0.29, 0.717) is 5.71 Å². The third-order valence-electron chi connectivity index (χ3n) is 8.93. The predicted molar refractivity (Wildman–Crippen MR) is 177 cm³/mol. The van der Waals surface area contributed by atoms with Gasteiger partial charge in [0.1, 0.15) is 11.1 Å². The molecule has 0 fully saturated rings. The van der Waals surface area contributed by atoms with Crippen molar-refractivity contribution in [1.82, 2.24) is 14.0 Å². The van der Waals surface area contributed by atoms with Gasteiger partial charge in [0.15, 0.2) is 0 Å². The van der Waals surface area contributed by atoms with Gasteiger partial charge in [0.05, 0.1) is 11.0 Å². The van der Waals surface area contributed by atoms with Crippen LogP contribution in [0.3, 0.4) is 0 Å². The lowest BCUT2D eigenvalue weighted by Crippen LogP contribution is -1.94. The van der Waals surface area contributed by atoms with E-state index in [-0.39, 0.29) is 0 Å². The van der Waals surface area contributed by atoms with Crippen LogP contribution in [0.25, 0.3) is 88.1 Å². The van der Waals surface area contributed by atoms with Crippen LogP contribution in [0.1, 0.15) is 0 Å². The van der Waals surface area contributed by atoms with E-state index in [1.54, 1.807) is 0 Å². The fraction of sp³-hybridized carbons (Fsp3) is 0. The Balaban J connectivity index is 1.28. The van der Waals surface area contributed by atoms with Crippen LogP contribution in [0.4, 0.5) is 0 Å². The van der Waals surface area contributed by atoms with Crippen LogP contribution < -0.4 is 0 Å². The van der Waals surface area contributed by atoms with Crippen LogP contribution >= 0.6 is 0 Å². The van der Waals surface area contributed by atoms with Gasteiger partial charge in [0, 0.05) is 11.1 Å². The number of para-hydroxylation sites is 2. The minimum atomic E-state index is 0.653. The Kier molecular flexibility index (Phi) is 4.42. The highest BCUT2D eigenvalue weighted by Gasteiger charge is 2.22. The minimum absolute atomic E-state index is 0.653. The van der Waals surface area contributed by atoms with E-state index in [1.807, 2.05) is 18.2 Å². The van der Waals surface area contributed by atoms with Gasteiger partial charge in [-0.1, -0.05) is 97.1 Å². The van der Waals surface area contributed by atoms with Crippen molar-refractivity contribution >= 4 is 71.3 Å². The Morgan fingerprint density at radius 2 is 1.05 bits per heavy atom. The first kappa shape index (κ1) is 22.8. The van der Waals surface area contributed by atoms with Crippen LogP contribution in [0.15, 0.2) is 144 Å². The average molecular weight is 550 g/mol. The van der Waals surface area contributed by atoms with Crippen molar-refractivity contribution in [3.05, 3.63) is 140 Å². The molecule has 4 heteroatoms. The van der Waals surface area contributed by atoms with Crippen LogP contribution in [-0.2, 0) is 0 Å². The summed E-state index contributed by atoms with van der Waals surface area (Å²) < 4.78 is 10.7. The van der Waals surface area contributed by atoms with E-state index >= 15 is 0 Å². The van der Waals surface area contributed by atoms with Gasteiger partial charge < -0.3 is 4.42 Å². The van der Waals surface area contributed by atoms with Crippen molar-refractivity contribution in [2.24, 2.45) is 0 Å². The van der Waals surface area contributed by atoms with Gasteiger partial charge >= 0.3 is 0 Å². The van der Waals surface area contributed by atoms with Gasteiger partial charge in [-0.15, -0.1) is 0 Å². The summed E-state index contributed by atoms with van der Waals surface area (Å²) >= 11 is 0. The van der Waals surface area contributed by atoms with Crippen LogP contribution in [-0.4, -0.2) is 14.0 Å². The summed E-state index contributed by atoms with van der Waals surface area (Å²) in [6, 6.07) is 49.8. The van der Waals surface area contributed by atoms with Crippen molar-refractivity contribution in [2.75, 3.05) is 0 Å². The fourth-order valence-electron chi connectivity index (χ4n) is 7.03. The summed E-state index contributed by atoms with van der Waals surface area (Å²) in [7, 11) is 0. The standard InChI is InChI=1S/C39H23N3O/c1-2-10-26(11-3-1)41-35-23-25(19-21-34(35)42-37-32-16-8-9-17-36(32)43-38(37)40-39(41)42)24-18-20-31-29-14-5-4-12-27(29)28-13-6-7-15-30(28)33(31)22-24/h1-23H. The second-order valence-electron chi connectivity index (χ2n) is 11.2. The molecular weight excluding hydrogens is 526 g/mol. The van der Waals surface area contributed by atoms with Gasteiger partial charge in [-0.05, 0) is 85.9 Å². The molecule has 0 bridgehead atoms. The monoisotopic (exact) mass is 549 g/mol. The van der Waals surface area contributed by atoms with Crippen molar-refractivity contribution in [3.63, 3.8) is 0 Å². The quantitative estimate of drug-likeness (QED) is 0.201. The number of hydrogen-bond donors (Lipinski definition) is 0. The van der Waals surface area contributed by atoms with E-state index in [9.17, 15) is 0 Å². The maximum absolute atomic E-state index is 6.19. The third kappa shape index (κ3) is 3.07. The second kappa shape index (κ2) is 8.34. The molecule has 0 radical (unpaired) electrons. The molecule has 0 aliphatic rings. The summed E-state index contributed by atoms with van der Waals surface area (Å²) in [6.07, 6.45) is 0. The lowest BCUT2D eigenvalue weighted by molar-refractivity contribution is 0.656. The molecule has 3 heterocycles. The number of hydrogen-bond acceptors (Lipinski definition) is 2. The molecule has 0 atom stereocenters. The molecule has 10 aromatic rings. The SMILES string of the molecule is c1ccc(-n2c3cc(-c4ccc5c6ccccc6c6ccccc6c5c4)ccc3n3c4c(nc23)oc2ccccc24)cc1. The number of aromatic nitrogens is 3. The molecule has 43 heavy (non-hydrogen) atoms. The molecule has 3 aromatic heterocycles. The molecule has 200 valence electrons. The average Bonchev–Trinajstić information content (AvgIpc) is 3.71. The smallest absolute Gasteiger partial charge is 0.248 e. The zero-order valence-corrected chi connectivity index (χ0v) is 23.0. The van der Waals surface area contributed by atoms with Crippen molar-refractivity contribution < 1.29 is 4.42 Å². The molecule has 0 saturated carbocycles. The van der Waals surface area contributed by atoms with Gasteiger partial charge in [0.2, 0.25) is 11.5 Å². The molecule has 0 aliphatic heterocycles. The molecule has 0 N–H and O–H groups in total. The van der Waals surface area contributed by atoms with Crippen LogP contribution in [0.5, 0.6) is 0 Å². The number of imidazole rings is 2. The maximum atomic E-state index is 6.19. The molecule has 0 spiro atoms. The largest absolute Gasteiger partial charge is 0.436 e. The maximum Gasteiger partial charge on any atom is 0.248 e. The van der Waals surface area contributed by atoms with Crippen molar-refractivity contribution in [3.8, 4) is 16.8 Å². The van der Waals surface area contributed by atoms with Crippen molar-refractivity contribution in [2.45, 2.75) is 0 Å². The zero-order valence-electron chi connectivity index (χ0n) is 23.0. The van der Waals surface area contributed by atoms with E-state index < -0.39 is 0 Å². The Labute approximate surface area is 245 Å². The second-order valence-corrected chi connectivity index (χ2v) is 11.2. The van der Waals surface area contributed by atoms with E-state index in [0.717, 1.165) is 44.5 Å². The first-order valence-electron chi connectivity index (χ1n) is 14.6. The first-order valence-corrected chi connectivity index (χ1v) is 14.6. The van der Waals surface area contributed by atoms with E-state index in [4.69, 9.17) is 9.40 Å². The lowest BCUT2D eigenvalue weighted by atomic mass is 9.92. The van der Waals surface area contributed by atoms with Crippen molar-refractivity contribution in [1.29, 1.82) is 0 Å². The van der Waals surface area contributed by atoms with Gasteiger partial charge in [-0.25, -0.2) is 0 Å². The van der Waals surface area contributed by atoms with Gasteiger partial charge in [-0.2, -0.15) is 4.98 Å². The minimum Gasteiger partial charge on any atom is -0.436 e. The molecular formula is C39H23N3O. The van der Waals surface area contributed by atoms with Crippen LogP contribution in [0, 0.1) is 0 Å². The number of benzene rings is 7. The Morgan fingerprint density at radius 3 is 1.79 bits per heavy atom. The molecule has 4 nitrogen and oxygen atoms in total. The number of rotatable bonds is 2. The summed E-state index contributed by atoms with van der Waals surface area (Å²) in [4.78, 5) is 5.03. The number of furan rings is 1. The first-order chi connectivity index (χ1) is 21.3. The summed E-state index contributed by atoms with van der Waals surface area (Å²) in [6.45, 7) is 0. The summed E-state index contributed by atoms with van der Waals surface area (Å²) in [5, 5.41) is 8.75. The Bertz CT molecular complexity index is 2690. The molecule has 0 aliphatic carbocycles. The molecule has 0 saturated heterocycles. The molecule has 7 aromatic carbocycles. The highest BCUT2D eigenvalue weighted by molar-refractivity contribution is 6.25. The third-order valence-corrected chi connectivity index (χ3v) is 8.93. The van der Waals surface area contributed by atoms with E-state index in [1.165, 1.54) is 37.9 Å². The normalized spacial score (nSPS) is 12.2. The fourth-order valence-corrected chi connectivity index (χ4v) is 7.03. The van der Waals surface area contributed by atoms with E-state index in [2.05, 4.69) is 130 Å². The zero-order chi connectivity index (χ0) is 28.1. The van der Waals surface area contributed by atoms with Gasteiger partial charge in [0.25, 0.3) is 0 Å².